The van der Waals surface area contributed by atoms with E-state index in [-0.39, 0.29) is 5.91 Å². The number of carbonyl (C=O) groups is 1. The van der Waals surface area contributed by atoms with Gasteiger partial charge in [0.05, 0.1) is 6.61 Å². The van der Waals surface area contributed by atoms with Crippen molar-refractivity contribution in [2.75, 3.05) is 6.61 Å². The number of nitrogens with one attached hydrogen (secondary N) is 1. The lowest BCUT2D eigenvalue weighted by atomic mass is 10.3. The molecule has 0 aromatic heterocycles. The topological polar surface area (TPSA) is 38.3 Å². The number of hydrogen-bond donors (Lipinski definition) is 1. The fourth-order valence-electron chi connectivity index (χ4n) is 0.431. The van der Waals surface area contributed by atoms with E-state index in [1.54, 1.807) is 0 Å². The number of hydrogen-bond acceptors (Lipinski definition) is 2. The second-order valence-corrected chi connectivity index (χ2v) is 1.71. The molecule has 3 nitrogen and oxygen atoms in total. The number of carbonyl (C=O) groups excluding carboxylic acids is 1. The van der Waals surface area contributed by atoms with Gasteiger partial charge in [0, 0.05) is 6.42 Å². The molecule has 0 bridgehead atoms. The number of rotatable bonds is 4. The molecular weight excluding hydrogens is 118 g/mol. The summed E-state index contributed by atoms with van der Waals surface area (Å²) in [6, 6.07) is 0. The van der Waals surface area contributed by atoms with E-state index < -0.39 is 0 Å². The summed E-state index contributed by atoms with van der Waals surface area (Å²) in [6.45, 7) is 4.30. The summed E-state index contributed by atoms with van der Waals surface area (Å²) in [5.74, 6) is -0.0423. The Morgan fingerprint density at radius 3 is 2.67 bits per heavy atom. The normalized spacial score (nSPS) is 9.11. The van der Waals surface area contributed by atoms with E-state index in [0.29, 0.717) is 13.0 Å². The van der Waals surface area contributed by atoms with Crippen LogP contribution < -0.4 is 5.48 Å². The molecule has 0 unspecified atom stereocenters. The minimum Gasteiger partial charge on any atom is -0.274 e. The lowest BCUT2D eigenvalue weighted by Crippen LogP contribution is -2.22. The second-order valence-electron chi connectivity index (χ2n) is 1.71. The van der Waals surface area contributed by atoms with Crippen molar-refractivity contribution in [3.05, 3.63) is 0 Å². The first-order chi connectivity index (χ1) is 4.31. The van der Waals surface area contributed by atoms with Gasteiger partial charge in [-0.15, -0.1) is 0 Å². The molecule has 1 N–H and O–H groups in total. The first-order valence-corrected chi connectivity index (χ1v) is 3.21. The summed E-state index contributed by atoms with van der Waals surface area (Å²) in [7, 11) is 0. The molecule has 0 saturated heterocycles. The van der Waals surface area contributed by atoms with Crippen LogP contribution in [0.5, 0.6) is 0 Å². The maximum absolute atomic E-state index is 10.6. The Hall–Kier alpha value is -0.570. The molecule has 0 spiro atoms. The van der Waals surface area contributed by atoms with Crippen molar-refractivity contribution in [3.8, 4) is 0 Å². The maximum Gasteiger partial charge on any atom is 0.243 e. The highest BCUT2D eigenvalue weighted by Crippen LogP contribution is 1.84. The molecule has 0 atom stereocenters. The van der Waals surface area contributed by atoms with Crippen molar-refractivity contribution in [3.63, 3.8) is 0 Å². The van der Waals surface area contributed by atoms with Crippen molar-refractivity contribution >= 4 is 5.91 Å². The van der Waals surface area contributed by atoms with Gasteiger partial charge < -0.3 is 0 Å². The third-order valence-electron chi connectivity index (χ3n) is 0.807. The van der Waals surface area contributed by atoms with Crippen LogP contribution in [0.15, 0.2) is 0 Å². The SMILES string of the molecule is CCCC(=O)NOCC. The lowest BCUT2D eigenvalue weighted by Gasteiger charge is -2.00. The van der Waals surface area contributed by atoms with Crippen LogP contribution in [-0.4, -0.2) is 12.5 Å². The van der Waals surface area contributed by atoms with Crippen LogP contribution in [0.2, 0.25) is 0 Å². The summed E-state index contributed by atoms with van der Waals surface area (Å²) in [5.41, 5.74) is 2.29. The predicted molar refractivity (Wildman–Crippen MR) is 34.7 cm³/mol. The van der Waals surface area contributed by atoms with E-state index in [9.17, 15) is 4.79 Å². The summed E-state index contributed by atoms with van der Waals surface area (Å²) in [4.78, 5) is 15.2. The van der Waals surface area contributed by atoms with E-state index in [4.69, 9.17) is 0 Å². The zero-order valence-electron chi connectivity index (χ0n) is 5.94. The van der Waals surface area contributed by atoms with E-state index in [1.807, 2.05) is 13.8 Å². The van der Waals surface area contributed by atoms with Crippen LogP contribution in [0.1, 0.15) is 26.7 Å². The van der Waals surface area contributed by atoms with Gasteiger partial charge in [0.2, 0.25) is 5.91 Å². The van der Waals surface area contributed by atoms with Crippen molar-refractivity contribution in [1.29, 1.82) is 0 Å². The highest BCUT2D eigenvalue weighted by molar-refractivity contribution is 5.74. The largest absolute Gasteiger partial charge is 0.274 e. The molecule has 3 heteroatoms. The molecule has 9 heavy (non-hydrogen) atoms. The number of amides is 1. The molecule has 0 aliphatic carbocycles. The predicted octanol–water partition coefficient (Wildman–Crippen LogP) is 0.854. The Balaban J connectivity index is 3.06. The van der Waals surface area contributed by atoms with Crippen LogP contribution in [0, 0.1) is 0 Å². The average molecular weight is 131 g/mol. The zero-order chi connectivity index (χ0) is 7.11. The molecule has 0 aliphatic rings. The summed E-state index contributed by atoms with van der Waals surface area (Å²) in [6.07, 6.45) is 1.40. The highest BCUT2D eigenvalue weighted by atomic mass is 16.6. The first-order valence-electron chi connectivity index (χ1n) is 3.21. The van der Waals surface area contributed by atoms with Gasteiger partial charge >= 0.3 is 0 Å². The molecule has 0 aromatic carbocycles. The van der Waals surface area contributed by atoms with Crippen LogP contribution in [0.25, 0.3) is 0 Å². The lowest BCUT2D eigenvalue weighted by molar-refractivity contribution is -0.133. The molecule has 0 heterocycles. The quantitative estimate of drug-likeness (QED) is 0.574. The third kappa shape index (κ3) is 5.30. The summed E-state index contributed by atoms with van der Waals surface area (Å²) in [5, 5.41) is 0. The van der Waals surface area contributed by atoms with Gasteiger partial charge in [-0.1, -0.05) is 6.92 Å². The molecule has 0 radical (unpaired) electrons. The standard InChI is InChI=1S/C6H13NO2/c1-3-5-6(8)7-9-4-2/h3-5H2,1-2H3,(H,7,8). The summed E-state index contributed by atoms with van der Waals surface area (Å²) < 4.78 is 0. The van der Waals surface area contributed by atoms with Gasteiger partial charge in [0.1, 0.15) is 0 Å². The molecular formula is C6H13NO2. The minimum atomic E-state index is -0.0423. The van der Waals surface area contributed by atoms with Crippen LogP contribution >= 0.6 is 0 Å². The van der Waals surface area contributed by atoms with Crippen LogP contribution in [-0.2, 0) is 9.63 Å². The highest BCUT2D eigenvalue weighted by Gasteiger charge is 1.95. The van der Waals surface area contributed by atoms with Crippen LogP contribution in [0.4, 0.5) is 0 Å². The average Bonchev–Trinajstić information content (AvgIpc) is 1.85. The third-order valence-corrected chi connectivity index (χ3v) is 0.807. The van der Waals surface area contributed by atoms with E-state index in [0.717, 1.165) is 6.42 Å². The van der Waals surface area contributed by atoms with Gasteiger partial charge in [0.15, 0.2) is 0 Å². The van der Waals surface area contributed by atoms with Crippen LogP contribution in [0.3, 0.4) is 0 Å². The van der Waals surface area contributed by atoms with E-state index in [1.165, 1.54) is 0 Å². The monoisotopic (exact) mass is 131 g/mol. The minimum absolute atomic E-state index is 0.0423. The molecule has 0 aliphatic heterocycles. The van der Waals surface area contributed by atoms with Gasteiger partial charge in [0.25, 0.3) is 0 Å². The Morgan fingerprint density at radius 2 is 2.22 bits per heavy atom. The van der Waals surface area contributed by atoms with Crippen molar-refractivity contribution in [2.45, 2.75) is 26.7 Å². The molecule has 54 valence electrons. The smallest absolute Gasteiger partial charge is 0.243 e. The summed E-state index contributed by atoms with van der Waals surface area (Å²) >= 11 is 0. The molecule has 1 amide bonds. The van der Waals surface area contributed by atoms with Gasteiger partial charge in [-0.2, -0.15) is 0 Å². The molecule has 0 saturated carbocycles. The van der Waals surface area contributed by atoms with E-state index >= 15 is 0 Å². The first kappa shape index (κ1) is 8.43. The molecule has 0 rings (SSSR count). The van der Waals surface area contributed by atoms with Crippen molar-refractivity contribution in [1.82, 2.24) is 5.48 Å². The van der Waals surface area contributed by atoms with Gasteiger partial charge in [-0.05, 0) is 13.3 Å². The van der Waals surface area contributed by atoms with Crippen molar-refractivity contribution in [2.24, 2.45) is 0 Å². The van der Waals surface area contributed by atoms with Gasteiger partial charge in [-0.3, -0.25) is 9.63 Å². The molecule has 0 fully saturated rings. The fourth-order valence-corrected chi connectivity index (χ4v) is 0.431. The van der Waals surface area contributed by atoms with Gasteiger partial charge in [-0.25, -0.2) is 5.48 Å². The zero-order valence-corrected chi connectivity index (χ0v) is 5.94. The molecule has 0 aromatic rings. The van der Waals surface area contributed by atoms with E-state index in [2.05, 4.69) is 10.3 Å². The number of hydroxylamine groups is 1. The Labute approximate surface area is 55.3 Å². The second kappa shape index (κ2) is 5.56. The Kier molecular flexibility index (Phi) is 5.21. The fraction of sp³-hybridized carbons (Fsp3) is 0.833. The Morgan fingerprint density at radius 1 is 1.56 bits per heavy atom. The maximum atomic E-state index is 10.6. The Bertz CT molecular complexity index is 83.1. The van der Waals surface area contributed by atoms with Crippen molar-refractivity contribution < 1.29 is 9.63 Å².